The minimum absolute atomic E-state index is 0.0946. The number of hydrogen-bond donors (Lipinski definition) is 1. The summed E-state index contributed by atoms with van der Waals surface area (Å²) in [5.74, 6) is 0.0946. The maximum absolute atomic E-state index is 13.0. The number of alkyl halides is 3. The third-order valence-corrected chi connectivity index (χ3v) is 3.35. The van der Waals surface area contributed by atoms with Crippen molar-refractivity contribution in [2.24, 2.45) is 0 Å². The SMILES string of the molecule is FC(F)(F)c1cc(C2CCCCN2)nc2nccn12. The average Bonchev–Trinajstić information content (AvgIpc) is 2.85. The van der Waals surface area contributed by atoms with Crippen LogP contribution in [-0.4, -0.2) is 20.9 Å². The molecule has 3 rings (SSSR count). The number of fused-ring (bicyclic) bond motifs is 1. The van der Waals surface area contributed by atoms with Crippen molar-refractivity contribution in [3.8, 4) is 0 Å². The van der Waals surface area contributed by atoms with Gasteiger partial charge in [0.2, 0.25) is 5.78 Å². The van der Waals surface area contributed by atoms with Gasteiger partial charge in [-0.3, -0.25) is 4.40 Å². The van der Waals surface area contributed by atoms with Crippen LogP contribution < -0.4 is 5.32 Å². The van der Waals surface area contributed by atoms with Gasteiger partial charge in [-0.05, 0) is 25.5 Å². The zero-order valence-corrected chi connectivity index (χ0v) is 10.1. The lowest BCUT2D eigenvalue weighted by Gasteiger charge is -2.23. The van der Waals surface area contributed by atoms with Crippen molar-refractivity contribution in [3.63, 3.8) is 0 Å². The maximum Gasteiger partial charge on any atom is 0.431 e. The fourth-order valence-electron chi connectivity index (χ4n) is 2.42. The Morgan fingerprint density at radius 2 is 2.16 bits per heavy atom. The van der Waals surface area contributed by atoms with E-state index in [0.717, 1.165) is 36.3 Å². The van der Waals surface area contributed by atoms with Gasteiger partial charge in [0.1, 0.15) is 5.69 Å². The fourth-order valence-corrected chi connectivity index (χ4v) is 2.42. The summed E-state index contributed by atoms with van der Waals surface area (Å²) >= 11 is 0. The Bertz CT molecular complexity index is 584. The normalized spacial score (nSPS) is 20.9. The minimum atomic E-state index is -4.41. The minimum Gasteiger partial charge on any atom is -0.309 e. The monoisotopic (exact) mass is 270 g/mol. The van der Waals surface area contributed by atoms with Gasteiger partial charge in [-0.25, -0.2) is 9.97 Å². The van der Waals surface area contributed by atoms with Crippen LogP contribution in [0.4, 0.5) is 13.2 Å². The molecule has 19 heavy (non-hydrogen) atoms. The van der Waals surface area contributed by atoms with Crippen molar-refractivity contribution in [2.75, 3.05) is 6.54 Å². The van der Waals surface area contributed by atoms with Crippen molar-refractivity contribution in [1.82, 2.24) is 19.7 Å². The molecule has 0 spiro atoms. The number of nitrogens with zero attached hydrogens (tertiary/aromatic N) is 3. The van der Waals surface area contributed by atoms with E-state index in [0.29, 0.717) is 5.69 Å². The van der Waals surface area contributed by atoms with E-state index in [1.54, 1.807) is 0 Å². The van der Waals surface area contributed by atoms with Crippen molar-refractivity contribution in [2.45, 2.75) is 31.5 Å². The maximum atomic E-state index is 13.0. The molecule has 1 unspecified atom stereocenters. The number of imidazole rings is 1. The van der Waals surface area contributed by atoms with Crippen LogP contribution in [0.15, 0.2) is 18.5 Å². The molecule has 102 valence electrons. The van der Waals surface area contributed by atoms with Crippen molar-refractivity contribution in [3.05, 3.63) is 29.8 Å². The topological polar surface area (TPSA) is 42.2 Å². The summed E-state index contributed by atoms with van der Waals surface area (Å²) in [5, 5.41) is 3.20. The summed E-state index contributed by atoms with van der Waals surface area (Å²) in [6, 6.07) is 1.01. The Morgan fingerprint density at radius 1 is 1.32 bits per heavy atom. The number of aromatic nitrogens is 3. The molecule has 0 aliphatic carbocycles. The predicted molar refractivity (Wildman–Crippen MR) is 62.6 cm³/mol. The molecule has 2 aromatic heterocycles. The van der Waals surface area contributed by atoms with Gasteiger partial charge >= 0.3 is 6.18 Å². The van der Waals surface area contributed by atoms with Crippen LogP contribution in [0, 0.1) is 0 Å². The first-order valence-electron chi connectivity index (χ1n) is 6.20. The molecule has 4 nitrogen and oxygen atoms in total. The Morgan fingerprint density at radius 3 is 2.84 bits per heavy atom. The third-order valence-electron chi connectivity index (χ3n) is 3.35. The molecule has 1 fully saturated rings. The highest BCUT2D eigenvalue weighted by molar-refractivity contribution is 5.35. The molecule has 1 atom stereocenters. The first-order valence-corrected chi connectivity index (χ1v) is 6.20. The van der Waals surface area contributed by atoms with Crippen LogP contribution in [0.1, 0.15) is 36.7 Å². The molecule has 3 heterocycles. The second kappa shape index (κ2) is 4.48. The highest BCUT2D eigenvalue weighted by Crippen LogP contribution is 2.32. The van der Waals surface area contributed by atoms with Gasteiger partial charge in [0.25, 0.3) is 0 Å². The highest BCUT2D eigenvalue weighted by atomic mass is 19.4. The summed E-state index contributed by atoms with van der Waals surface area (Å²) in [4.78, 5) is 8.09. The van der Waals surface area contributed by atoms with Gasteiger partial charge < -0.3 is 5.32 Å². The Labute approximate surface area is 107 Å². The van der Waals surface area contributed by atoms with Gasteiger partial charge in [0.05, 0.1) is 5.69 Å². The number of piperidine rings is 1. The lowest BCUT2D eigenvalue weighted by atomic mass is 10.0. The number of hydrogen-bond acceptors (Lipinski definition) is 3. The summed E-state index contributed by atoms with van der Waals surface area (Å²) in [6.07, 6.45) is 1.06. The van der Waals surface area contributed by atoms with E-state index in [2.05, 4.69) is 15.3 Å². The van der Waals surface area contributed by atoms with E-state index in [1.165, 1.54) is 12.4 Å². The Hall–Kier alpha value is -1.63. The van der Waals surface area contributed by atoms with Crippen LogP contribution in [-0.2, 0) is 6.18 Å². The number of nitrogens with one attached hydrogen (secondary N) is 1. The van der Waals surface area contributed by atoms with E-state index >= 15 is 0 Å². The summed E-state index contributed by atoms with van der Waals surface area (Å²) in [6.45, 7) is 0.813. The van der Waals surface area contributed by atoms with Gasteiger partial charge in [0.15, 0.2) is 0 Å². The number of halogens is 3. The van der Waals surface area contributed by atoms with Gasteiger partial charge in [-0.15, -0.1) is 0 Å². The number of rotatable bonds is 1. The quantitative estimate of drug-likeness (QED) is 0.866. The molecule has 2 aromatic rings. The average molecular weight is 270 g/mol. The molecule has 0 radical (unpaired) electrons. The molecular formula is C12H13F3N4. The molecular weight excluding hydrogens is 257 g/mol. The molecule has 1 saturated heterocycles. The van der Waals surface area contributed by atoms with Crippen LogP contribution in [0.5, 0.6) is 0 Å². The van der Waals surface area contributed by atoms with Crippen LogP contribution >= 0.6 is 0 Å². The fraction of sp³-hybridized carbons (Fsp3) is 0.500. The van der Waals surface area contributed by atoms with E-state index in [4.69, 9.17) is 0 Å². The molecule has 0 aromatic carbocycles. The van der Waals surface area contributed by atoms with Gasteiger partial charge in [0, 0.05) is 18.4 Å². The standard InChI is InChI=1S/C12H13F3N4/c13-12(14,15)10-7-9(8-3-1-2-4-16-8)18-11-17-5-6-19(10)11/h5-8,16H,1-4H2. The van der Waals surface area contributed by atoms with Crippen molar-refractivity contribution in [1.29, 1.82) is 0 Å². The summed E-state index contributed by atoms with van der Waals surface area (Å²) in [7, 11) is 0. The molecule has 1 aliphatic heterocycles. The lowest BCUT2D eigenvalue weighted by molar-refractivity contribution is -0.142. The largest absolute Gasteiger partial charge is 0.431 e. The second-order valence-electron chi connectivity index (χ2n) is 4.66. The predicted octanol–water partition coefficient (Wildman–Crippen LogP) is 2.56. The van der Waals surface area contributed by atoms with Gasteiger partial charge in [-0.2, -0.15) is 13.2 Å². The van der Waals surface area contributed by atoms with E-state index < -0.39 is 11.9 Å². The summed E-state index contributed by atoms with van der Waals surface area (Å²) < 4.78 is 40.1. The third kappa shape index (κ3) is 2.30. The lowest BCUT2D eigenvalue weighted by Crippen LogP contribution is -2.28. The zero-order valence-electron chi connectivity index (χ0n) is 10.1. The van der Waals surface area contributed by atoms with E-state index in [1.807, 2.05) is 0 Å². The van der Waals surface area contributed by atoms with Crippen LogP contribution in [0.2, 0.25) is 0 Å². The molecule has 0 bridgehead atoms. The highest BCUT2D eigenvalue weighted by Gasteiger charge is 2.35. The van der Waals surface area contributed by atoms with Crippen LogP contribution in [0.3, 0.4) is 0 Å². The molecule has 1 aliphatic rings. The Kier molecular flexibility index (Phi) is 2.93. The van der Waals surface area contributed by atoms with E-state index in [-0.39, 0.29) is 11.8 Å². The first kappa shape index (κ1) is 12.4. The second-order valence-corrected chi connectivity index (χ2v) is 4.66. The molecule has 7 heteroatoms. The smallest absolute Gasteiger partial charge is 0.309 e. The molecule has 1 N–H and O–H groups in total. The Balaban J connectivity index is 2.10. The van der Waals surface area contributed by atoms with Gasteiger partial charge in [-0.1, -0.05) is 6.42 Å². The van der Waals surface area contributed by atoms with Crippen molar-refractivity contribution >= 4 is 5.78 Å². The zero-order chi connectivity index (χ0) is 13.5. The first-order chi connectivity index (χ1) is 9.05. The molecule has 0 amide bonds. The summed E-state index contributed by atoms with van der Waals surface area (Å²) in [5.41, 5.74) is -0.303. The van der Waals surface area contributed by atoms with Crippen molar-refractivity contribution < 1.29 is 13.2 Å². The van der Waals surface area contributed by atoms with Crippen LogP contribution in [0.25, 0.3) is 5.78 Å². The molecule has 0 saturated carbocycles. The van der Waals surface area contributed by atoms with E-state index in [9.17, 15) is 13.2 Å².